The summed E-state index contributed by atoms with van der Waals surface area (Å²) in [5, 5.41) is 0. The van der Waals surface area contributed by atoms with Crippen LogP contribution in [0.5, 0.6) is 0 Å². The predicted molar refractivity (Wildman–Crippen MR) is 118 cm³/mol. The summed E-state index contributed by atoms with van der Waals surface area (Å²) >= 11 is 4.86. The molecular weight excluding hydrogens is 464 g/mol. The van der Waals surface area contributed by atoms with Crippen molar-refractivity contribution < 1.29 is 35.9 Å². The van der Waals surface area contributed by atoms with Crippen LogP contribution >= 0.6 is 6.85 Å². The molecule has 0 bridgehead atoms. The number of aromatic nitrogens is 1. The molecule has 0 aliphatic carbocycles. The zero-order chi connectivity index (χ0) is 22.3. The second-order valence-electron chi connectivity index (χ2n) is 7.55. The number of hydrogen-bond donors (Lipinski definition) is 0. The van der Waals surface area contributed by atoms with Crippen LogP contribution in [0.1, 0.15) is 50.0 Å². The molecule has 0 radical (unpaired) electrons. The van der Waals surface area contributed by atoms with E-state index in [-0.39, 0.29) is 37.7 Å². The third-order valence-corrected chi connectivity index (χ3v) is 5.96. The van der Waals surface area contributed by atoms with Crippen molar-refractivity contribution in [3.63, 3.8) is 0 Å². The van der Waals surface area contributed by atoms with Gasteiger partial charge >= 0.3 is 143 Å². The summed E-state index contributed by atoms with van der Waals surface area (Å²) in [4.78, 5) is 4.22. The molecule has 0 amide bonds. The average molecular weight is 491 g/mol. The van der Waals surface area contributed by atoms with Gasteiger partial charge < -0.3 is 4.42 Å². The van der Waals surface area contributed by atoms with Gasteiger partial charge in [-0.05, 0) is 0 Å². The molecule has 2 saturated heterocycles. The molecule has 5 atom stereocenters. The molecule has 0 N–H and O–H groups in total. The van der Waals surface area contributed by atoms with Crippen molar-refractivity contribution in [3.8, 4) is 0 Å². The maximum atomic E-state index is 11.1. The van der Waals surface area contributed by atoms with E-state index in [1.807, 2.05) is 0 Å². The third-order valence-electron chi connectivity index (χ3n) is 4.87. The number of oxazole rings is 1. The van der Waals surface area contributed by atoms with Gasteiger partial charge in [0.15, 0.2) is 0 Å². The van der Waals surface area contributed by atoms with E-state index in [0.29, 0.717) is 18.9 Å². The van der Waals surface area contributed by atoms with Crippen LogP contribution in [-0.2, 0) is 51.6 Å². The summed E-state index contributed by atoms with van der Waals surface area (Å²) in [6.07, 6.45) is 5.62. The Hall–Kier alpha value is -0.715. The minimum absolute atomic E-state index is 0.0239. The summed E-state index contributed by atoms with van der Waals surface area (Å²) in [5.41, 5.74) is 1.62. The van der Waals surface area contributed by atoms with Crippen molar-refractivity contribution in [3.05, 3.63) is 30.0 Å². The Morgan fingerprint density at radius 2 is 2.13 bits per heavy atom. The van der Waals surface area contributed by atoms with E-state index >= 15 is 0 Å². The normalized spacial score (nSPS) is 27.3. The zero-order valence-corrected chi connectivity index (χ0v) is 20.0. The molecule has 31 heavy (non-hydrogen) atoms. The monoisotopic (exact) mass is 491 g/mol. The summed E-state index contributed by atoms with van der Waals surface area (Å²) in [6.45, 7) is 6.90. The van der Waals surface area contributed by atoms with Gasteiger partial charge in [0.2, 0.25) is 5.89 Å². The molecule has 13 heteroatoms. The van der Waals surface area contributed by atoms with Gasteiger partial charge in [-0.2, -0.15) is 8.42 Å². The summed E-state index contributed by atoms with van der Waals surface area (Å²) in [7, 11) is -3.58. The molecule has 2 aliphatic heterocycles. The van der Waals surface area contributed by atoms with Gasteiger partial charge in [0, 0.05) is 0 Å². The van der Waals surface area contributed by atoms with Crippen LogP contribution in [0.25, 0.3) is 0 Å². The minimum atomic E-state index is -3.58. The molecule has 9 nitrogen and oxygen atoms in total. The van der Waals surface area contributed by atoms with Gasteiger partial charge in [-0.15, -0.1) is 0 Å². The van der Waals surface area contributed by atoms with Crippen molar-refractivity contribution >= 4 is 35.6 Å². The van der Waals surface area contributed by atoms with Crippen LogP contribution in [0.3, 0.4) is 0 Å². The van der Waals surface area contributed by atoms with Crippen molar-refractivity contribution in [2.75, 3.05) is 19.5 Å². The molecule has 172 valence electrons. The van der Waals surface area contributed by atoms with E-state index in [2.05, 4.69) is 11.6 Å². The Labute approximate surface area is 189 Å². The molecule has 0 spiro atoms. The number of hydrogen-bond acceptors (Lipinski definition) is 10. The molecule has 2 aliphatic rings. The summed E-state index contributed by atoms with van der Waals surface area (Å²) in [5.74, 6) is 0.139. The first-order valence-electron chi connectivity index (χ1n) is 10.0. The fraction of sp³-hybridized carbons (Fsp3) is 0.722. The van der Waals surface area contributed by atoms with Crippen LogP contribution < -0.4 is 0 Å². The molecule has 0 saturated carbocycles. The quantitative estimate of drug-likeness (QED) is 0.159. The maximum absolute atomic E-state index is 11.1. The molecule has 0 aromatic carbocycles. The van der Waals surface area contributed by atoms with Crippen molar-refractivity contribution in [1.29, 1.82) is 0 Å². The van der Waals surface area contributed by atoms with E-state index in [0.717, 1.165) is 38.4 Å². The van der Waals surface area contributed by atoms with Gasteiger partial charge in [0.1, 0.15) is 6.61 Å². The number of rotatable bonds is 10. The second-order valence-corrected chi connectivity index (χ2v) is 10.4. The van der Waals surface area contributed by atoms with Crippen LogP contribution in [0.15, 0.2) is 22.8 Å². The van der Waals surface area contributed by atoms with Gasteiger partial charge in [-0.25, -0.2) is 0 Å². The molecule has 1 aromatic rings. The van der Waals surface area contributed by atoms with E-state index in [4.69, 9.17) is 39.3 Å². The fourth-order valence-corrected chi connectivity index (χ4v) is 4.27. The Balaban J connectivity index is 1.50. The Morgan fingerprint density at radius 1 is 1.32 bits per heavy atom. The van der Waals surface area contributed by atoms with Gasteiger partial charge in [0.25, 0.3) is 10.1 Å². The standard InChI is InChI=1S/C18H27BNO8PS2/c1-12-7-13(4-6-25-19-29-30)27-15(8-12)9-14-3-5-23-18(28-14)16-10-24-17(20-16)11-26-31(2,21)22/h10,13-15,18,29H,1,3-9,11H2,2H3/t13-,14-,15+,18-/m0/s1. The van der Waals surface area contributed by atoms with Crippen LogP contribution in [0.2, 0.25) is 0 Å². The Bertz CT molecular complexity index is 904. The van der Waals surface area contributed by atoms with Crippen LogP contribution in [0, 0.1) is 0 Å². The van der Waals surface area contributed by atoms with E-state index in [9.17, 15) is 8.42 Å². The molecule has 2 fully saturated rings. The third kappa shape index (κ3) is 8.62. The van der Waals surface area contributed by atoms with Crippen LogP contribution in [0.4, 0.5) is 0 Å². The van der Waals surface area contributed by atoms with E-state index < -0.39 is 16.4 Å². The van der Waals surface area contributed by atoms with Crippen molar-refractivity contribution in [2.24, 2.45) is 0 Å². The Morgan fingerprint density at radius 3 is 2.90 bits per heavy atom. The predicted octanol–water partition coefficient (Wildman–Crippen LogP) is 2.53. The van der Waals surface area contributed by atoms with Gasteiger partial charge in [0.05, 0.1) is 6.26 Å². The topological polar surface area (TPSA) is 106 Å². The molecular formula is C18H27BNO8PS2. The summed E-state index contributed by atoms with van der Waals surface area (Å²) in [6, 6.07) is 0. The Kier molecular flexibility index (Phi) is 9.60. The number of nitrogens with zero attached hydrogens (tertiary/aromatic N) is 1. The van der Waals surface area contributed by atoms with Crippen molar-refractivity contribution in [2.45, 2.75) is 63.3 Å². The molecule has 3 heterocycles. The zero-order valence-electron chi connectivity index (χ0n) is 17.4. The van der Waals surface area contributed by atoms with E-state index in [1.54, 1.807) is 6.82 Å². The fourth-order valence-electron chi connectivity index (χ4n) is 3.56. The molecule has 3 rings (SSSR count). The van der Waals surface area contributed by atoms with Crippen molar-refractivity contribution in [1.82, 2.24) is 4.98 Å². The molecule has 1 aromatic heterocycles. The first-order valence-corrected chi connectivity index (χ1v) is 14.0. The SMILES string of the molecule is C=C1C[C@H](C[C@@H]2CCO[C@H](c3coc(COS(C)(=O)=O)n3)O2)O[C@@H](CCOB=[PH]=S)C1. The number of ether oxygens (including phenoxy) is 3. The first kappa shape index (κ1) is 24.9. The first-order chi connectivity index (χ1) is 14.8. The van der Waals surface area contributed by atoms with Gasteiger partial charge in [-0.1, -0.05) is 0 Å². The van der Waals surface area contributed by atoms with Gasteiger partial charge in [-0.3, -0.25) is 4.18 Å². The second kappa shape index (κ2) is 11.9. The van der Waals surface area contributed by atoms with Crippen LogP contribution in [-0.4, -0.2) is 58.0 Å². The molecule has 1 unspecified atom stereocenters. The van der Waals surface area contributed by atoms with E-state index in [1.165, 1.54) is 11.8 Å². The summed E-state index contributed by atoms with van der Waals surface area (Å²) < 4.78 is 55.5. The average Bonchev–Trinajstić information content (AvgIpc) is 3.18.